The molecule has 0 spiro atoms. The third kappa shape index (κ3) is 3.81. The number of carbonyl (C=O) groups excluding carboxylic acids is 1. The Morgan fingerprint density at radius 1 is 1.23 bits per heavy atom. The molecule has 0 bridgehead atoms. The maximum atomic E-state index is 11.6. The molecule has 1 fully saturated rings. The zero-order chi connectivity index (χ0) is 21.4. The first kappa shape index (κ1) is 20.8. The van der Waals surface area contributed by atoms with Crippen LogP contribution < -0.4 is 5.73 Å². The van der Waals surface area contributed by atoms with Gasteiger partial charge in [0.05, 0.1) is 10.9 Å². The number of aromatic nitrogens is 3. The Morgan fingerprint density at radius 3 is 2.40 bits per heavy atom. The molecule has 1 atom stereocenters. The molecule has 1 aliphatic rings. The fourth-order valence-electron chi connectivity index (χ4n) is 4.15. The molecule has 3 heterocycles. The molecule has 4 rings (SSSR count). The quantitative estimate of drug-likeness (QED) is 0.628. The summed E-state index contributed by atoms with van der Waals surface area (Å²) in [4.78, 5) is 20.0. The summed E-state index contributed by atoms with van der Waals surface area (Å²) < 4.78 is 1.55. The highest BCUT2D eigenvalue weighted by Crippen LogP contribution is 2.41. The molecule has 3 N–H and O–H groups in total. The summed E-state index contributed by atoms with van der Waals surface area (Å²) in [6, 6.07) is 8.50. The number of aromatic hydroxyl groups is 1. The number of amides is 1. The first-order valence-electron chi connectivity index (χ1n) is 10.6. The van der Waals surface area contributed by atoms with Gasteiger partial charge < -0.3 is 10.8 Å². The predicted molar refractivity (Wildman–Crippen MR) is 118 cm³/mol. The van der Waals surface area contributed by atoms with Crippen LogP contribution in [-0.4, -0.2) is 43.6 Å². The van der Waals surface area contributed by atoms with Gasteiger partial charge in [0, 0.05) is 12.3 Å². The van der Waals surface area contributed by atoms with E-state index in [2.05, 4.69) is 53.1 Å². The number of carbonyl (C=O) groups is 1. The summed E-state index contributed by atoms with van der Waals surface area (Å²) in [5, 5.41) is 15.4. The summed E-state index contributed by atoms with van der Waals surface area (Å²) in [5.74, 6) is 1.04. The van der Waals surface area contributed by atoms with Crippen LogP contribution in [0.4, 0.5) is 0 Å². The van der Waals surface area contributed by atoms with Crippen LogP contribution in [0.15, 0.2) is 24.3 Å². The Bertz CT molecular complexity index is 1030. The van der Waals surface area contributed by atoms with Crippen molar-refractivity contribution in [3.8, 4) is 5.88 Å². The van der Waals surface area contributed by atoms with E-state index >= 15 is 0 Å². The van der Waals surface area contributed by atoms with Gasteiger partial charge in [-0.15, -0.1) is 5.10 Å². The summed E-state index contributed by atoms with van der Waals surface area (Å²) >= 11 is 1.48. The molecule has 3 aromatic rings. The predicted octanol–water partition coefficient (Wildman–Crippen LogP) is 3.47. The third-order valence-corrected chi connectivity index (χ3v) is 7.10. The number of aryl methyl sites for hydroxylation is 1. The summed E-state index contributed by atoms with van der Waals surface area (Å²) in [7, 11) is 0. The van der Waals surface area contributed by atoms with Gasteiger partial charge in [-0.2, -0.15) is 4.52 Å². The number of likely N-dealkylation sites (tertiary alicyclic amines) is 1. The van der Waals surface area contributed by atoms with E-state index in [4.69, 9.17) is 5.73 Å². The van der Waals surface area contributed by atoms with Crippen molar-refractivity contribution in [2.45, 2.75) is 52.0 Å². The van der Waals surface area contributed by atoms with Crippen molar-refractivity contribution < 1.29 is 9.90 Å². The minimum absolute atomic E-state index is 0.0757. The van der Waals surface area contributed by atoms with Crippen molar-refractivity contribution in [1.82, 2.24) is 19.5 Å². The van der Waals surface area contributed by atoms with Crippen molar-refractivity contribution in [1.29, 1.82) is 0 Å². The molecule has 1 amide bonds. The van der Waals surface area contributed by atoms with Crippen molar-refractivity contribution >= 4 is 22.2 Å². The van der Waals surface area contributed by atoms with E-state index in [1.807, 2.05) is 6.92 Å². The zero-order valence-electron chi connectivity index (χ0n) is 17.7. The second kappa shape index (κ2) is 8.35. The number of hydrogen-bond acceptors (Lipinski definition) is 6. The number of rotatable bonds is 6. The van der Waals surface area contributed by atoms with Crippen molar-refractivity contribution in [2.24, 2.45) is 11.7 Å². The van der Waals surface area contributed by atoms with Gasteiger partial charge in [-0.3, -0.25) is 9.69 Å². The fourth-order valence-corrected chi connectivity index (χ4v) is 5.29. The number of fused-ring (bicyclic) bond motifs is 1. The summed E-state index contributed by atoms with van der Waals surface area (Å²) in [6.07, 6.45) is 2.19. The van der Waals surface area contributed by atoms with Crippen molar-refractivity contribution in [3.63, 3.8) is 0 Å². The number of thiazole rings is 1. The monoisotopic (exact) mass is 427 g/mol. The molecular weight excluding hydrogens is 398 g/mol. The van der Waals surface area contributed by atoms with Crippen molar-refractivity contribution in [2.75, 3.05) is 13.1 Å². The van der Waals surface area contributed by atoms with Crippen LogP contribution in [0.25, 0.3) is 4.96 Å². The van der Waals surface area contributed by atoms with E-state index < -0.39 is 0 Å². The Morgan fingerprint density at radius 2 is 1.87 bits per heavy atom. The van der Waals surface area contributed by atoms with Crippen LogP contribution in [0.5, 0.6) is 5.88 Å². The Labute approximate surface area is 180 Å². The lowest BCUT2D eigenvalue weighted by Crippen LogP contribution is -2.40. The van der Waals surface area contributed by atoms with Crippen LogP contribution in [-0.2, 0) is 11.2 Å². The molecule has 1 saturated heterocycles. The molecular formula is C22H29N5O2S. The van der Waals surface area contributed by atoms with E-state index in [1.165, 1.54) is 16.9 Å². The van der Waals surface area contributed by atoms with Gasteiger partial charge >= 0.3 is 0 Å². The molecule has 160 valence electrons. The van der Waals surface area contributed by atoms with E-state index in [-0.39, 0.29) is 23.7 Å². The van der Waals surface area contributed by atoms with Crippen LogP contribution >= 0.6 is 11.3 Å². The lowest BCUT2D eigenvalue weighted by atomic mass is 9.92. The summed E-state index contributed by atoms with van der Waals surface area (Å²) in [6.45, 7) is 7.85. The second-order valence-corrected chi connectivity index (χ2v) is 9.31. The number of benzene rings is 1. The summed E-state index contributed by atoms with van der Waals surface area (Å²) in [5.41, 5.74) is 7.93. The smallest absolute Gasteiger partial charge is 0.230 e. The molecule has 0 unspecified atom stereocenters. The molecule has 0 aliphatic carbocycles. The highest BCUT2D eigenvalue weighted by atomic mass is 32.1. The Hall–Kier alpha value is -2.45. The molecule has 7 nitrogen and oxygen atoms in total. The van der Waals surface area contributed by atoms with Crippen molar-refractivity contribution in [3.05, 3.63) is 46.1 Å². The SMILES string of the molecule is CCc1nc2sc([C@H](c3ccc(C(C)C)cc3)N3CCC(C(N)=O)CC3)c(O)n2n1. The van der Waals surface area contributed by atoms with Crippen LogP contribution in [0.1, 0.15) is 67.4 Å². The van der Waals surface area contributed by atoms with E-state index in [0.717, 1.165) is 48.6 Å². The number of primary amides is 1. The van der Waals surface area contributed by atoms with Gasteiger partial charge in [0.1, 0.15) is 0 Å². The average Bonchev–Trinajstić information content (AvgIpc) is 3.28. The van der Waals surface area contributed by atoms with Crippen LogP contribution in [0, 0.1) is 5.92 Å². The highest BCUT2D eigenvalue weighted by molar-refractivity contribution is 7.17. The molecule has 0 saturated carbocycles. The first-order chi connectivity index (χ1) is 14.4. The molecule has 2 aromatic heterocycles. The second-order valence-electron chi connectivity index (χ2n) is 8.30. The highest BCUT2D eigenvalue weighted by Gasteiger charge is 2.33. The van der Waals surface area contributed by atoms with E-state index in [1.54, 1.807) is 4.52 Å². The minimum atomic E-state index is -0.221. The molecule has 8 heteroatoms. The first-order valence-corrected chi connectivity index (χ1v) is 11.4. The third-order valence-electron chi connectivity index (χ3n) is 6.02. The molecule has 0 radical (unpaired) electrons. The molecule has 30 heavy (non-hydrogen) atoms. The largest absolute Gasteiger partial charge is 0.492 e. The van der Waals surface area contributed by atoms with Gasteiger partial charge in [-0.05, 0) is 43.0 Å². The number of hydrogen-bond donors (Lipinski definition) is 2. The topological polar surface area (TPSA) is 96.8 Å². The van der Waals surface area contributed by atoms with Crippen LogP contribution in [0.2, 0.25) is 0 Å². The average molecular weight is 428 g/mol. The lowest BCUT2D eigenvalue weighted by Gasteiger charge is -2.36. The maximum absolute atomic E-state index is 11.6. The van der Waals surface area contributed by atoms with Gasteiger partial charge in [0.25, 0.3) is 0 Å². The maximum Gasteiger partial charge on any atom is 0.230 e. The molecule has 1 aliphatic heterocycles. The number of nitrogens with zero attached hydrogens (tertiary/aromatic N) is 4. The zero-order valence-corrected chi connectivity index (χ0v) is 18.5. The standard InChI is InChI=1S/C22H29N5O2S/c1-4-17-24-22-27(25-17)21(29)19(30-22)18(15-7-5-14(6-8-15)13(2)3)26-11-9-16(10-12-26)20(23)28/h5-8,13,16,18,29H,4,9-12H2,1-3H3,(H2,23,28)/t18-/m0/s1. The molecule has 1 aromatic carbocycles. The lowest BCUT2D eigenvalue weighted by molar-refractivity contribution is -0.123. The van der Waals surface area contributed by atoms with E-state index in [9.17, 15) is 9.90 Å². The number of piperidine rings is 1. The van der Waals surface area contributed by atoms with Gasteiger partial charge in [0.15, 0.2) is 5.82 Å². The van der Waals surface area contributed by atoms with Gasteiger partial charge in [-0.1, -0.05) is 56.4 Å². The van der Waals surface area contributed by atoms with E-state index in [0.29, 0.717) is 10.9 Å². The fraction of sp³-hybridized carbons (Fsp3) is 0.500. The minimum Gasteiger partial charge on any atom is -0.492 e. The van der Waals surface area contributed by atoms with Gasteiger partial charge in [0.2, 0.25) is 16.7 Å². The van der Waals surface area contributed by atoms with Crippen LogP contribution in [0.3, 0.4) is 0 Å². The normalized spacial score (nSPS) is 17.1. The Balaban J connectivity index is 1.73. The van der Waals surface area contributed by atoms with Gasteiger partial charge in [-0.25, -0.2) is 4.98 Å². The Kier molecular flexibility index (Phi) is 5.79. The number of nitrogens with two attached hydrogens (primary N) is 1.